The number of nitrogens with one attached hydrogen (secondary N) is 1. The van der Waals surface area contributed by atoms with Crippen LogP contribution in [0, 0.1) is 0 Å². The highest BCUT2D eigenvalue weighted by Crippen LogP contribution is 2.28. The molecular formula is C17H29N5O2. The Hall–Kier alpha value is -1.47. The van der Waals surface area contributed by atoms with E-state index in [-0.39, 0.29) is 19.1 Å². The normalized spacial score (nSPS) is 23.8. The fourth-order valence-corrected chi connectivity index (χ4v) is 3.97. The van der Waals surface area contributed by atoms with Crippen molar-refractivity contribution in [2.24, 2.45) is 0 Å². The lowest BCUT2D eigenvalue weighted by molar-refractivity contribution is 0.0939. The van der Waals surface area contributed by atoms with Gasteiger partial charge in [-0.1, -0.05) is 30.9 Å². The predicted octanol–water partition coefficient (Wildman–Crippen LogP) is 1.36. The van der Waals surface area contributed by atoms with Crippen molar-refractivity contribution in [3.05, 3.63) is 11.9 Å². The Balaban J connectivity index is 1.60. The molecule has 1 amide bonds. The summed E-state index contributed by atoms with van der Waals surface area (Å²) in [5, 5.41) is 19.6. The zero-order valence-electron chi connectivity index (χ0n) is 14.4. The number of rotatable bonds is 5. The van der Waals surface area contributed by atoms with Crippen molar-refractivity contribution in [2.45, 2.75) is 63.5 Å². The third kappa shape index (κ3) is 4.33. The SMILES string of the molecule is O=C(NCCO)c1cn(C2CCCN(C3CCCCCC3)C2)nn1. The Morgan fingerprint density at radius 3 is 2.67 bits per heavy atom. The molecule has 1 saturated heterocycles. The summed E-state index contributed by atoms with van der Waals surface area (Å²) >= 11 is 0. The standard InChI is InChI=1S/C17H29N5O2/c23-11-9-18-17(24)16-13-22(20-19-16)15-8-5-10-21(12-15)14-6-3-1-2-4-7-14/h13-15,23H,1-12H2,(H,18,24). The number of amides is 1. The summed E-state index contributed by atoms with van der Waals surface area (Å²) in [4.78, 5) is 14.5. The van der Waals surface area contributed by atoms with Gasteiger partial charge in [-0.2, -0.15) is 0 Å². The number of nitrogens with zero attached hydrogens (tertiary/aromatic N) is 4. The van der Waals surface area contributed by atoms with Gasteiger partial charge in [0.1, 0.15) is 0 Å². The quantitative estimate of drug-likeness (QED) is 0.794. The van der Waals surface area contributed by atoms with E-state index in [0.29, 0.717) is 17.8 Å². The molecule has 134 valence electrons. The second kappa shape index (κ2) is 8.58. The summed E-state index contributed by atoms with van der Waals surface area (Å²) in [6, 6.07) is 1.01. The van der Waals surface area contributed by atoms with Crippen LogP contribution in [0.4, 0.5) is 0 Å². The summed E-state index contributed by atoms with van der Waals surface area (Å²) in [7, 11) is 0. The average molecular weight is 335 g/mol. The minimum absolute atomic E-state index is 0.0706. The van der Waals surface area contributed by atoms with Crippen LogP contribution in [0.3, 0.4) is 0 Å². The average Bonchev–Trinajstić information content (AvgIpc) is 2.95. The molecule has 1 saturated carbocycles. The summed E-state index contributed by atoms with van der Waals surface area (Å²) in [6.45, 7) is 2.36. The number of aromatic nitrogens is 3. The van der Waals surface area contributed by atoms with Crippen molar-refractivity contribution in [3.8, 4) is 0 Å². The molecule has 2 N–H and O–H groups in total. The first-order chi connectivity index (χ1) is 11.8. The Morgan fingerprint density at radius 1 is 1.17 bits per heavy atom. The Bertz CT molecular complexity index is 525. The molecular weight excluding hydrogens is 306 g/mol. The van der Waals surface area contributed by atoms with Crippen LogP contribution in [0.1, 0.15) is 67.9 Å². The predicted molar refractivity (Wildman–Crippen MR) is 90.8 cm³/mol. The molecule has 1 aliphatic carbocycles. The van der Waals surface area contributed by atoms with E-state index >= 15 is 0 Å². The number of hydrogen-bond donors (Lipinski definition) is 2. The van der Waals surface area contributed by atoms with Gasteiger partial charge in [0.2, 0.25) is 0 Å². The van der Waals surface area contributed by atoms with Gasteiger partial charge >= 0.3 is 0 Å². The Morgan fingerprint density at radius 2 is 1.92 bits per heavy atom. The molecule has 7 heteroatoms. The van der Waals surface area contributed by atoms with Gasteiger partial charge in [-0.05, 0) is 32.2 Å². The first kappa shape index (κ1) is 17.4. The molecule has 7 nitrogen and oxygen atoms in total. The van der Waals surface area contributed by atoms with Crippen molar-refractivity contribution >= 4 is 5.91 Å². The molecule has 2 aliphatic rings. The van der Waals surface area contributed by atoms with E-state index in [9.17, 15) is 4.79 Å². The van der Waals surface area contributed by atoms with E-state index in [2.05, 4.69) is 20.5 Å². The van der Waals surface area contributed by atoms with Crippen LogP contribution in [0.2, 0.25) is 0 Å². The van der Waals surface area contributed by atoms with E-state index in [1.807, 2.05) is 4.68 Å². The monoisotopic (exact) mass is 335 g/mol. The van der Waals surface area contributed by atoms with Gasteiger partial charge in [0.25, 0.3) is 5.91 Å². The highest BCUT2D eigenvalue weighted by molar-refractivity contribution is 5.91. The maximum absolute atomic E-state index is 11.9. The van der Waals surface area contributed by atoms with Crippen LogP contribution in [0.25, 0.3) is 0 Å². The maximum atomic E-state index is 11.9. The summed E-state index contributed by atoms with van der Waals surface area (Å²) in [6.07, 6.45) is 12.1. The second-order valence-corrected chi connectivity index (χ2v) is 7.00. The molecule has 1 aromatic heterocycles. The van der Waals surface area contributed by atoms with Crippen molar-refractivity contribution in [3.63, 3.8) is 0 Å². The second-order valence-electron chi connectivity index (χ2n) is 7.00. The van der Waals surface area contributed by atoms with Crippen molar-refractivity contribution in [1.82, 2.24) is 25.2 Å². The van der Waals surface area contributed by atoms with Gasteiger partial charge in [-0.15, -0.1) is 5.10 Å². The van der Waals surface area contributed by atoms with Crippen LogP contribution < -0.4 is 5.32 Å². The minimum Gasteiger partial charge on any atom is -0.395 e. The molecule has 1 unspecified atom stereocenters. The smallest absolute Gasteiger partial charge is 0.273 e. The number of piperidine rings is 1. The van der Waals surface area contributed by atoms with E-state index in [0.717, 1.165) is 13.0 Å². The number of carbonyl (C=O) groups is 1. The zero-order chi connectivity index (χ0) is 16.8. The number of aliphatic hydroxyl groups is 1. The molecule has 0 bridgehead atoms. The third-order valence-corrected chi connectivity index (χ3v) is 5.28. The lowest BCUT2D eigenvalue weighted by Crippen LogP contribution is -2.43. The summed E-state index contributed by atoms with van der Waals surface area (Å²) < 4.78 is 1.86. The van der Waals surface area contributed by atoms with Gasteiger partial charge in [0.05, 0.1) is 18.8 Å². The van der Waals surface area contributed by atoms with E-state index < -0.39 is 0 Å². The van der Waals surface area contributed by atoms with Crippen molar-refractivity contribution in [1.29, 1.82) is 0 Å². The number of carbonyl (C=O) groups excluding carboxylic acids is 1. The third-order valence-electron chi connectivity index (χ3n) is 5.28. The summed E-state index contributed by atoms with van der Waals surface area (Å²) in [5.74, 6) is -0.272. The first-order valence-corrected chi connectivity index (χ1v) is 9.33. The lowest BCUT2D eigenvalue weighted by Gasteiger charge is -2.38. The molecule has 1 aromatic rings. The molecule has 1 atom stereocenters. The zero-order valence-corrected chi connectivity index (χ0v) is 14.4. The van der Waals surface area contributed by atoms with E-state index in [1.165, 1.54) is 51.5 Å². The number of hydrogen-bond acceptors (Lipinski definition) is 5. The van der Waals surface area contributed by atoms with Crippen LogP contribution in [0.15, 0.2) is 6.20 Å². The maximum Gasteiger partial charge on any atom is 0.273 e. The van der Waals surface area contributed by atoms with Crippen LogP contribution in [-0.4, -0.2) is 63.2 Å². The molecule has 2 heterocycles. The molecule has 2 fully saturated rings. The largest absolute Gasteiger partial charge is 0.395 e. The highest BCUT2D eigenvalue weighted by atomic mass is 16.3. The number of likely N-dealkylation sites (tertiary alicyclic amines) is 1. The number of aliphatic hydroxyl groups excluding tert-OH is 1. The lowest BCUT2D eigenvalue weighted by atomic mass is 10.00. The van der Waals surface area contributed by atoms with Gasteiger partial charge in [-0.3, -0.25) is 9.69 Å². The van der Waals surface area contributed by atoms with Crippen molar-refractivity contribution in [2.75, 3.05) is 26.2 Å². The Labute approximate surface area is 143 Å². The molecule has 24 heavy (non-hydrogen) atoms. The van der Waals surface area contributed by atoms with Crippen LogP contribution >= 0.6 is 0 Å². The fraction of sp³-hybridized carbons (Fsp3) is 0.824. The first-order valence-electron chi connectivity index (χ1n) is 9.33. The molecule has 0 aromatic carbocycles. The topological polar surface area (TPSA) is 83.3 Å². The van der Waals surface area contributed by atoms with E-state index in [4.69, 9.17) is 5.11 Å². The molecule has 1 aliphatic heterocycles. The molecule has 3 rings (SSSR count). The Kier molecular flexibility index (Phi) is 6.20. The fourth-order valence-electron chi connectivity index (χ4n) is 3.97. The molecule has 0 spiro atoms. The van der Waals surface area contributed by atoms with Crippen molar-refractivity contribution < 1.29 is 9.90 Å². The summed E-state index contributed by atoms with van der Waals surface area (Å²) in [5.41, 5.74) is 0.329. The molecule has 0 radical (unpaired) electrons. The van der Waals surface area contributed by atoms with Gasteiger partial charge in [0.15, 0.2) is 5.69 Å². The van der Waals surface area contributed by atoms with Crippen LogP contribution in [0.5, 0.6) is 0 Å². The van der Waals surface area contributed by atoms with Gasteiger partial charge in [0, 0.05) is 19.1 Å². The van der Waals surface area contributed by atoms with Gasteiger partial charge < -0.3 is 10.4 Å². The van der Waals surface area contributed by atoms with E-state index in [1.54, 1.807) is 6.20 Å². The van der Waals surface area contributed by atoms with Gasteiger partial charge in [-0.25, -0.2) is 4.68 Å². The minimum atomic E-state index is -0.272. The van der Waals surface area contributed by atoms with Crippen LogP contribution in [-0.2, 0) is 0 Å². The highest BCUT2D eigenvalue weighted by Gasteiger charge is 2.28.